The molecule has 0 bridgehead atoms. The van der Waals surface area contributed by atoms with E-state index in [4.69, 9.17) is 0 Å². The number of amides is 1. The summed E-state index contributed by atoms with van der Waals surface area (Å²) in [5, 5.41) is 9.61. The van der Waals surface area contributed by atoms with Crippen LogP contribution >= 0.6 is 0 Å². The molecule has 0 aromatic heterocycles. The minimum atomic E-state index is -0.841. The molecule has 2 atom stereocenters. The Morgan fingerprint density at radius 3 is 2.55 bits per heavy atom. The second-order valence-corrected chi connectivity index (χ2v) is 7.32. The highest BCUT2D eigenvalue weighted by Crippen LogP contribution is 2.56. The first-order valence-corrected chi connectivity index (χ1v) is 7.92. The molecule has 1 aliphatic heterocycles. The highest BCUT2D eigenvalue weighted by molar-refractivity contribution is 5.98. The minimum absolute atomic E-state index is 0.0833. The third kappa shape index (κ3) is 1.89. The highest BCUT2D eigenvalue weighted by Gasteiger charge is 2.59. The summed E-state index contributed by atoms with van der Waals surface area (Å²) in [7, 11) is 0. The Kier molecular flexibility index (Phi) is 3.31. The molecular formula is C18H23NO3. The minimum Gasteiger partial charge on any atom is -0.481 e. The molecule has 2 aliphatic rings. The number of nitrogens with zero attached hydrogens (tertiary/aromatic N) is 1. The second-order valence-electron chi connectivity index (χ2n) is 7.32. The monoisotopic (exact) mass is 301 g/mol. The molecule has 0 unspecified atom stereocenters. The van der Waals surface area contributed by atoms with E-state index in [1.807, 2.05) is 36.9 Å². The van der Waals surface area contributed by atoms with Crippen LogP contribution in [0.25, 0.3) is 0 Å². The maximum atomic E-state index is 13.1. The molecule has 22 heavy (non-hydrogen) atoms. The first kappa shape index (κ1) is 15.1. The maximum Gasteiger partial charge on any atom is 0.309 e. The SMILES string of the molecule is CC1(C)[C@@H](C(=O)N2CCc3ccccc32)CC[C@]1(C)C(=O)O. The number of rotatable bonds is 2. The third-order valence-corrected chi connectivity index (χ3v) is 6.15. The van der Waals surface area contributed by atoms with Gasteiger partial charge >= 0.3 is 5.97 Å². The molecule has 0 spiro atoms. The van der Waals surface area contributed by atoms with E-state index in [1.54, 1.807) is 6.92 Å². The second kappa shape index (κ2) is 4.83. The van der Waals surface area contributed by atoms with Gasteiger partial charge in [-0.2, -0.15) is 0 Å². The van der Waals surface area contributed by atoms with E-state index in [9.17, 15) is 14.7 Å². The van der Waals surface area contributed by atoms with Gasteiger partial charge < -0.3 is 10.0 Å². The predicted molar refractivity (Wildman–Crippen MR) is 84.7 cm³/mol. The highest BCUT2D eigenvalue weighted by atomic mass is 16.4. The van der Waals surface area contributed by atoms with Crippen molar-refractivity contribution in [2.75, 3.05) is 11.4 Å². The first-order chi connectivity index (χ1) is 10.3. The van der Waals surface area contributed by atoms with Crippen molar-refractivity contribution in [3.05, 3.63) is 29.8 Å². The molecule has 1 aromatic carbocycles. The Morgan fingerprint density at radius 1 is 1.23 bits per heavy atom. The number of hydrogen-bond donors (Lipinski definition) is 1. The van der Waals surface area contributed by atoms with Gasteiger partial charge in [0.15, 0.2) is 0 Å². The molecule has 1 aromatic rings. The normalized spacial score (nSPS) is 29.4. The number of hydrogen-bond acceptors (Lipinski definition) is 2. The Labute approximate surface area is 131 Å². The van der Waals surface area contributed by atoms with Gasteiger partial charge in [-0.25, -0.2) is 0 Å². The molecule has 0 radical (unpaired) electrons. The number of para-hydroxylation sites is 1. The fraction of sp³-hybridized carbons (Fsp3) is 0.556. The van der Waals surface area contributed by atoms with Crippen LogP contribution in [0, 0.1) is 16.7 Å². The lowest BCUT2D eigenvalue weighted by Crippen LogP contribution is -2.46. The number of carboxylic acids is 1. The van der Waals surface area contributed by atoms with Gasteiger partial charge in [-0.1, -0.05) is 32.0 Å². The fourth-order valence-corrected chi connectivity index (χ4v) is 4.07. The quantitative estimate of drug-likeness (QED) is 0.913. The predicted octanol–water partition coefficient (Wildman–Crippen LogP) is 3.10. The molecule has 1 amide bonds. The summed E-state index contributed by atoms with van der Waals surface area (Å²) in [4.78, 5) is 26.6. The van der Waals surface area contributed by atoms with Gasteiger partial charge in [0.2, 0.25) is 5.91 Å². The van der Waals surface area contributed by atoms with E-state index in [0.717, 1.165) is 12.1 Å². The van der Waals surface area contributed by atoms with E-state index < -0.39 is 16.8 Å². The van der Waals surface area contributed by atoms with E-state index in [1.165, 1.54) is 5.56 Å². The first-order valence-electron chi connectivity index (χ1n) is 7.92. The number of fused-ring (bicyclic) bond motifs is 1. The molecule has 4 nitrogen and oxygen atoms in total. The summed E-state index contributed by atoms with van der Waals surface area (Å²) in [5.74, 6) is -0.950. The van der Waals surface area contributed by atoms with E-state index >= 15 is 0 Å². The molecular weight excluding hydrogens is 278 g/mol. The standard InChI is InChI=1S/C18H23NO3/c1-17(2)13(8-10-18(17,3)16(21)22)15(20)19-11-9-12-6-4-5-7-14(12)19/h4-7,13H,8-11H2,1-3H3,(H,21,22)/t13-,18-/m1/s1. The van der Waals surface area contributed by atoms with Crippen molar-refractivity contribution in [3.63, 3.8) is 0 Å². The number of carbonyl (C=O) groups is 2. The van der Waals surface area contributed by atoms with Crippen LogP contribution in [0.4, 0.5) is 5.69 Å². The van der Waals surface area contributed by atoms with Crippen molar-refractivity contribution in [1.29, 1.82) is 0 Å². The van der Waals surface area contributed by atoms with Gasteiger partial charge in [-0.05, 0) is 43.2 Å². The van der Waals surface area contributed by atoms with E-state index in [0.29, 0.717) is 19.4 Å². The van der Waals surface area contributed by atoms with Crippen molar-refractivity contribution in [3.8, 4) is 0 Å². The van der Waals surface area contributed by atoms with Crippen LogP contribution in [0.1, 0.15) is 39.2 Å². The molecule has 1 fully saturated rings. The number of carbonyl (C=O) groups excluding carboxylic acids is 1. The van der Waals surface area contributed by atoms with Gasteiger partial charge in [0.1, 0.15) is 0 Å². The number of anilines is 1. The summed E-state index contributed by atoms with van der Waals surface area (Å²) >= 11 is 0. The van der Waals surface area contributed by atoms with Crippen LogP contribution in [0.3, 0.4) is 0 Å². The summed E-state index contributed by atoms with van der Waals surface area (Å²) in [6.45, 7) is 6.34. The average Bonchev–Trinajstić information content (AvgIpc) is 2.99. The largest absolute Gasteiger partial charge is 0.481 e. The molecule has 118 valence electrons. The van der Waals surface area contributed by atoms with Crippen molar-refractivity contribution in [2.45, 2.75) is 40.0 Å². The maximum absolute atomic E-state index is 13.1. The van der Waals surface area contributed by atoms with E-state index in [-0.39, 0.29) is 11.8 Å². The molecule has 4 heteroatoms. The zero-order valence-corrected chi connectivity index (χ0v) is 13.4. The molecule has 1 saturated carbocycles. The van der Waals surface area contributed by atoms with Crippen molar-refractivity contribution >= 4 is 17.6 Å². The topological polar surface area (TPSA) is 57.6 Å². The van der Waals surface area contributed by atoms with Crippen LogP contribution in [0.2, 0.25) is 0 Å². The lowest BCUT2D eigenvalue weighted by Gasteiger charge is -2.39. The average molecular weight is 301 g/mol. The van der Waals surface area contributed by atoms with Crippen molar-refractivity contribution in [2.24, 2.45) is 16.7 Å². The molecule has 1 N–H and O–H groups in total. The van der Waals surface area contributed by atoms with Crippen molar-refractivity contribution in [1.82, 2.24) is 0 Å². The number of carboxylic acid groups (broad SMARTS) is 1. The summed E-state index contributed by atoms with van der Waals surface area (Å²) in [6, 6.07) is 7.99. The van der Waals surface area contributed by atoms with Gasteiger partial charge in [0, 0.05) is 18.2 Å². The van der Waals surface area contributed by atoms with E-state index in [2.05, 4.69) is 6.07 Å². The zero-order chi connectivity index (χ0) is 16.1. The lowest BCUT2D eigenvalue weighted by molar-refractivity contribution is -0.155. The lowest BCUT2D eigenvalue weighted by atomic mass is 9.65. The van der Waals surface area contributed by atoms with Gasteiger partial charge in [-0.15, -0.1) is 0 Å². The van der Waals surface area contributed by atoms with Crippen LogP contribution in [-0.4, -0.2) is 23.5 Å². The third-order valence-electron chi connectivity index (χ3n) is 6.15. The molecule has 1 aliphatic carbocycles. The smallest absolute Gasteiger partial charge is 0.309 e. The zero-order valence-electron chi connectivity index (χ0n) is 13.4. The van der Waals surface area contributed by atoms with Gasteiger partial charge in [0.05, 0.1) is 5.41 Å². The van der Waals surface area contributed by atoms with Gasteiger partial charge in [0.25, 0.3) is 0 Å². The Morgan fingerprint density at radius 2 is 1.91 bits per heavy atom. The summed E-state index contributed by atoms with van der Waals surface area (Å²) < 4.78 is 0. The Hall–Kier alpha value is -1.84. The van der Waals surface area contributed by atoms with Crippen LogP contribution in [0.15, 0.2) is 24.3 Å². The fourth-order valence-electron chi connectivity index (χ4n) is 4.07. The molecule has 3 rings (SSSR count). The van der Waals surface area contributed by atoms with Crippen molar-refractivity contribution < 1.29 is 14.7 Å². The summed E-state index contributed by atoms with van der Waals surface area (Å²) in [6.07, 6.45) is 2.08. The summed E-state index contributed by atoms with van der Waals surface area (Å²) in [5.41, 5.74) is 0.805. The number of aliphatic carboxylic acids is 1. The Balaban J connectivity index is 1.90. The van der Waals surface area contributed by atoms with Crippen LogP contribution in [-0.2, 0) is 16.0 Å². The van der Waals surface area contributed by atoms with Crippen LogP contribution < -0.4 is 4.90 Å². The molecule has 1 heterocycles. The van der Waals surface area contributed by atoms with Gasteiger partial charge in [-0.3, -0.25) is 9.59 Å². The Bertz CT molecular complexity index is 637. The molecule has 0 saturated heterocycles. The number of benzene rings is 1. The van der Waals surface area contributed by atoms with Crippen LogP contribution in [0.5, 0.6) is 0 Å².